The smallest absolute Gasteiger partial charge is 0.261 e. The van der Waals surface area contributed by atoms with E-state index in [-0.39, 0.29) is 31.0 Å². The Morgan fingerprint density at radius 2 is 1.84 bits per heavy atom. The van der Waals surface area contributed by atoms with Gasteiger partial charge >= 0.3 is 0 Å². The lowest BCUT2D eigenvalue weighted by atomic mass is 10.1. The fraction of sp³-hybridized carbons (Fsp3) is 0.391. The third-order valence-corrected chi connectivity index (χ3v) is 5.99. The zero-order valence-corrected chi connectivity index (χ0v) is 18.8. The van der Waals surface area contributed by atoms with Gasteiger partial charge in [0.15, 0.2) is 6.61 Å². The van der Waals surface area contributed by atoms with Crippen LogP contribution in [0.1, 0.15) is 38.2 Å². The van der Waals surface area contributed by atoms with E-state index in [0.717, 1.165) is 25.7 Å². The minimum absolute atomic E-state index is 0.126. The van der Waals surface area contributed by atoms with Crippen LogP contribution in [0.3, 0.4) is 0 Å². The number of halogens is 3. The molecule has 0 bridgehead atoms. The minimum Gasteiger partial charge on any atom is -0.484 e. The van der Waals surface area contributed by atoms with Gasteiger partial charge < -0.3 is 15.0 Å². The first-order valence-corrected chi connectivity index (χ1v) is 11.0. The van der Waals surface area contributed by atoms with Crippen molar-refractivity contribution in [2.75, 3.05) is 6.61 Å². The van der Waals surface area contributed by atoms with Crippen LogP contribution < -0.4 is 10.1 Å². The maximum atomic E-state index is 13.1. The summed E-state index contributed by atoms with van der Waals surface area (Å²) in [7, 11) is 0. The molecule has 0 aliphatic heterocycles. The lowest BCUT2D eigenvalue weighted by Gasteiger charge is -2.30. The van der Waals surface area contributed by atoms with E-state index in [2.05, 4.69) is 5.32 Å². The molecular weight excluding hydrogens is 442 g/mol. The zero-order chi connectivity index (χ0) is 22.4. The predicted octanol–water partition coefficient (Wildman–Crippen LogP) is 4.99. The van der Waals surface area contributed by atoms with Crippen molar-refractivity contribution >= 4 is 35.0 Å². The molecule has 2 amide bonds. The first-order valence-electron chi connectivity index (χ1n) is 10.3. The molecule has 8 heteroatoms. The summed E-state index contributed by atoms with van der Waals surface area (Å²) in [6, 6.07) is 9.82. The second kappa shape index (κ2) is 10.8. The summed E-state index contributed by atoms with van der Waals surface area (Å²) in [5.41, 5.74) is 0.668. The largest absolute Gasteiger partial charge is 0.484 e. The summed E-state index contributed by atoms with van der Waals surface area (Å²) >= 11 is 12.3. The molecule has 0 saturated heterocycles. The Balaban J connectivity index is 1.73. The van der Waals surface area contributed by atoms with Gasteiger partial charge in [0, 0.05) is 22.6 Å². The molecule has 0 unspecified atom stereocenters. The van der Waals surface area contributed by atoms with Crippen LogP contribution in [0, 0.1) is 5.82 Å². The number of carbonyl (C=O) groups excluding carboxylic acids is 2. The summed E-state index contributed by atoms with van der Waals surface area (Å²) in [6.45, 7) is 1.52. The average Bonchev–Trinajstić information content (AvgIpc) is 3.25. The second-order valence-electron chi connectivity index (χ2n) is 7.67. The summed E-state index contributed by atoms with van der Waals surface area (Å²) in [4.78, 5) is 27.3. The van der Waals surface area contributed by atoms with E-state index in [4.69, 9.17) is 27.9 Å². The summed E-state index contributed by atoms with van der Waals surface area (Å²) in [5.74, 6) is -0.631. The number of benzene rings is 2. The molecule has 1 atom stereocenters. The first kappa shape index (κ1) is 23.4. The number of amides is 2. The van der Waals surface area contributed by atoms with Gasteiger partial charge in [-0.15, -0.1) is 0 Å². The van der Waals surface area contributed by atoms with Crippen LogP contribution in [0.2, 0.25) is 10.0 Å². The Hall–Kier alpha value is -2.31. The van der Waals surface area contributed by atoms with Gasteiger partial charge in [-0.25, -0.2) is 4.39 Å². The van der Waals surface area contributed by atoms with E-state index in [9.17, 15) is 14.0 Å². The molecule has 2 aromatic carbocycles. The quantitative estimate of drug-likeness (QED) is 0.596. The van der Waals surface area contributed by atoms with Crippen molar-refractivity contribution in [3.05, 3.63) is 63.9 Å². The minimum atomic E-state index is -0.725. The van der Waals surface area contributed by atoms with Gasteiger partial charge in [0.1, 0.15) is 17.6 Å². The van der Waals surface area contributed by atoms with Gasteiger partial charge in [-0.2, -0.15) is 0 Å². The van der Waals surface area contributed by atoms with E-state index in [1.165, 1.54) is 29.2 Å². The molecule has 0 radical (unpaired) electrons. The molecule has 2 aromatic rings. The van der Waals surface area contributed by atoms with Crippen molar-refractivity contribution in [1.82, 2.24) is 10.2 Å². The van der Waals surface area contributed by atoms with E-state index >= 15 is 0 Å². The van der Waals surface area contributed by atoms with Gasteiger partial charge in [-0.05, 0) is 61.7 Å². The van der Waals surface area contributed by atoms with Crippen LogP contribution >= 0.6 is 23.2 Å². The molecule has 1 aliphatic rings. The van der Waals surface area contributed by atoms with E-state index in [1.54, 1.807) is 25.1 Å². The number of nitrogens with zero attached hydrogens (tertiary/aromatic N) is 1. The van der Waals surface area contributed by atoms with Gasteiger partial charge in [0.2, 0.25) is 5.91 Å². The van der Waals surface area contributed by atoms with Crippen molar-refractivity contribution in [2.45, 2.75) is 51.2 Å². The molecule has 0 heterocycles. The molecule has 1 fully saturated rings. The average molecular weight is 467 g/mol. The normalized spacial score (nSPS) is 14.8. The Kier molecular flexibility index (Phi) is 8.15. The first-order chi connectivity index (χ1) is 14.8. The highest BCUT2D eigenvalue weighted by Crippen LogP contribution is 2.24. The van der Waals surface area contributed by atoms with E-state index in [0.29, 0.717) is 21.4 Å². The number of hydrogen-bond acceptors (Lipinski definition) is 3. The van der Waals surface area contributed by atoms with Crippen LogP contribution in [0.25, 0.3) is 0 Å². The molecule has 1 N–H and O–H groups in total. The summed E-state index contributed by atoms with van der Waals surface area (Å²) in [5, 5.41) is 3.93. The Morgan fingerprint density at radius 3 is 2.48 bits per heavy atom. The van der Waals surface area contributed by atoms with Crippen LogP contribution in [-0.4, -0.2) is 35.4 Å². The highest BCUT2D eigenvalue weighted by Gasteiger charge is 2.29. The number of hydrogen-bond donors (Lipinski definition) is 1. The Labute approximate surface area is 191 Å². The van der Waals surface area contributed by atoms with Crippen molar-refractivity contribution in [1.29, 1.82) is 0 Å². The third kappa shape index (κ3) is 6.58. The SMILES string of the molecule is C[C@H](C(=O)NC1CCCC1)N(Cc1ccc(Cl)cc1Cl)C(=O)COc1ccc(F)cc1. The molecule has 1 saturated carbocycles. The second-order valence-corrected chi connectivity index (χ2v) is 8.51. The highest BCUT2D eigenvalue weighted by molar-refractivity contribution is 6.35. The van der Waals surface area contributed by atoms with Gasteiger partial charge in [0.25, 0.3) is 5.91 Å². The molecule has 5 nitrogen and oxygen atoms in total. The Bertz CT molecular complexity index is 918. The van der Waals surface area contributed by atoms with Crippen LogP contribution in [0.5, 0.6) is 5.75 Å². The number of rotatable bonds is 8. The Morgan fingerprint density at radius 1 is 1.16 bits per heavy atom. The van der Waals surface area contributed by atoms with E-state index < -0.39 is 11.9 Å². The zero-order valence-electron chi connectivity index (χ0n) is 17.2. The van der Waals surface area contributed by atoms with Crippen LogP contribution in [0.15, 0.2) is 42.5 Å². The topological polar surface area (TPSA) is 58.6 Å². The van der Waals surface area contributed by atoms with Gasteiger partial charge in [-0.3, -0.25) is 9.59 Å². The fourth-order valence-electron chi connectivity index (χ4n) is 3.57. The monoisotopic (exact) mass is 466 g/mol. The van der Waals surface area contributed by atoms with Gasteiger partial charge in [-0.1, -0.05) is 42.1 Å². The highest BCUT2D eigenvalue weighted by atomic mass is 35.5. The number of nitrogens with one attached hydrogen (secondary N) is 1. The standard InChI is InChI=1S/C23H25Cl2FN2O3/c1-15(23(30)27-19-4-2-3-5-19)28(13-16-6-7-17(24)12-21(16)25)22(29)14-31-20-10-8-18(26)9-11-20/h6-12,15,19H,2-5,13-14H2,1H3,(H,27,30)/t15-/m1/s1. The fourth-order valence-corrected chi connectivity index (χ4v) is 4.04. The summed E-state index contributed by atoms with van der Waals surface area (Å²) in [6.07, 6.45) is 4.08. The third-order valence-electron chi connectivity index (χ3n) is 5.40. The predicted molar refractivity (Wildman–Crippen MR) is 119 cm³/mol. The van der Waals surface area contributed by atoms with Crippen molar-refractivity contribution in [3.63, 3.8) is 0 Å². The van der Waals surface area contributed by atoms with Crippen molar-refractivity contribution in [2.24, 2.45) is 0 Å². The number of carbonyl (C=O) groups is 2. The van der Waals surface area contributed by atoms with E-state index in [1.807, 2.05) is 0 Å². The number of ether oxygens (including phenoxy) is 1. The molecule has 3 rings (SSSR count). The van der Waals surface area contributed by atoms with Crippen LogP contribution in [-0.2, 0) is 16.1 Å². The lowest BCUT2D eigenvalue weighted by Crippen LogP contribution is -2.50. The lowest BCUT2D eigenvalue weighted by molar-refractivity contribution is -0.142. The molecule has 166 valence electrons. The van der Waals surface area contributed by atoms with Crippen LogP contribution in [0.4, 0.5) is 4.39 Å². The summed E-state index contributed by atoms with van der Waals surface area (Å²) < 4.78 is 18.6. The molecule has 31 heavy (non-hydrogen) atoms. The molecule has 0 spiro atoms. The van der Waals surface area contributed by atoms with Crippen molar-refractivity contribution < 1.29 is 18.7 Å². The van der Waals surface area contributed by atoms with Crippen molar-refractivity contribution in [3.8, 4) is 5.75 Å². The molecule has 0 aromatic heterocycles. The van der Waals surface area contributed by atoms with Gasteiger partial charge in [0.05, 0.1) is 0 Å². The maximum Gasteiger partial charge on any atom is 0.261 e. The molecular formula is C23H25Cl2FN2O3. The maximum absolute atomic E-state index is 13.1. The molecule has 1 aliphatic carbocycles.